The topological polar surface area (TPSA) is 60.7 Å². The van der Waals surface area contributed by atoms with Crippen LogP contribution < -0.4 is 0 Å². The highest BCUT2D eigenvalue weighted by atomic mass is 16.3. The van der Waals surface area contributed by atoms with Gasteiger partial charge in [0.25, 0.3) is 0 Å². The summed E-state index contributed by atoms with van der Waals surface area (Å²) in [5.74, 6) is 0.228. The van der Waals surface area contributed by atoms with E-state index in [0.717, 1.165) is 17.5 Å². The fourth-order valence-electron chi connectivity index (χ4n) is 1.80. The number of aromatic hydroxyl groups is 3. The van der Waals surface area contributed by atoms with Gasteiger partial charge in [0.05, 0.1) is 0 Å². The molecule has 17 heavy (non-hydrogen) atoms. The van der Waals surface area contributed by atoms with E-state index >= 15 is 0 Å². The van der Waals surface area contributed by atoms with Gasteiger partial charge >= 0.3 is 0 Å². The zero-order valence-electron chi connectivity index (χ0n) is 9.51. The number of aryl methyl sites for hydroxylation is 1. The highest BCUT2D eigenvalue weighted by molar-refractivity contribution is 5.69. The second-order valence-electron chi connectivity index (χ2n) is 3.94. The fraction of sp³-hybridized carbons (Fsp3) is 0.143. The molecule has 0 unspecified atom stereocenters. The molecular formula is C14H14O3. The number of benzene rings is 2. The third-order valence-electron chi connectivity index (χ3n) is 2.70. The van der Waals surface area contributed by atoms with Gasteiger partial charge in [-0.2, -0.15) is 0 Å². The highest BCUT2D eigenvalue weighted by Gasteiger charge is 2.05. The molecule has 3 nitrogen and oxygen atoms in total. The summed E-state index contributed by atoms with van der Waals surface area (Å²) in [6.45, 7) is 1.97. The van der Waals surface area contributed by atoms with Crippen molar-refractivity contribution in [3.05, 3.63) is 42.0 Å². The summed E-state index contributed by atoms with van der Waals surface area (Å²) < 4.78 is 0. The van der Waals surface area contributed by atoms with Crippen LogP contribution in [0.3, 0.4) is 0 Å². The Kier molecular flexibility index (Phi) is 2.91. The minimum atomic E-state index is -0.000872. The first-order chi connectivity index (χ1) is 8.10. The molecule has 0 bridgehead atoms. The van der Waals surface area contributed by atoms with Crippen LogP contribution in [0.4, 0.5) is 0 Å². The van der Waals surface area contributed by atoms with Crippen molar-refractivity contribution in [2.45, 2.75) is 13.3 Å². The molecule has 2 rings (SSSR count). The number of hydrogen-bond acceptors (Lipinski definition) is 3. The molecule has 0 aliphatic heterocycles. The van der Waals surface area contributed by atoms with Crippen LogP contribution in [-0.4, -0.2) is 15.3 Å². The molecule has 3 N–H and O–H groups in total. The average Bonchev–Trinajstić information content (AvgIpc) is 2.27. The molecule has 2 aromatic rings. The van der Waals surface area contributed by atoms with E-state index in [1.54, 1.807) is 18.2 Å². The van der Waals surface area contributed by atoms with Gasteiger partial charge in [-0.3, -0.25) is 0 Å². The zero-order chi connectivity index (χ0) is 12.4. The van der Waals surface area contributed by atoms with Gasteiger partial charge in [0.15, 0.2) is 0 Å². The van der Waals surface area contributed by atoms with Crippen molar-refractivity contribution >= 4 is 0 Å². The van der Waals surface area contributed by atoms with Gasteiger partial charge in [-0.1, -0.05) is 19.1 Å². The second kappa shape index (κ2) is 4.37. The third-order valence-corrected chi connectivity index (χ3v) is 2.70. The van der Waals surface area contributed by atoms with E-state index in [1.807, 2.05) is 19.1 Å². The van der Waals surface area contributed by atoms with E-state index in [0.29, 0.717) is 5.56 Å². The van der Waals surface area contributed by atoms with E-state index < -0.39 is 0 Å². The smallest absolute Gasteiger partial charge is 0.119 e. The van der Waals surface area contributed by atoms with Crippen LogP contribution in [0.5, 0.6) is 17.2 Å². The van der Waals surface area contributed by atoms with Crippen molar-refractivity contribution in [3.8, 4) is 28.4 Å². The van der Waals surface area contributed by atoms with Gasteiger partial charge in [-0.25, -0.2) is 0 Å². The van der Waals surface area contributed by atoms with Crippen LogP contribution in [-0.2, 0) is 6.42 Å². The Hall–Kier alpha value is -2.16. The quantitative estimate of drug-likeness (QED) is 0.743. The van der Waals surface area contributed by atoms with E-state index in [9.17, 15) is 15.3 Å². The minimum Gasteiger partial charge on any atom is -0.508 e. The van der Waals surface area contributed by atoms with Gasteiger partial charge in [-0.15, -0.1) is 0 Å². The standard InChI is InChI=1S/C14H14O3/c1-2-9-3-4-10(7-14(9)17)11-5-12(15)8-13(16)6-11/h3-8,15-17H,2H2,1H3. The Bertz CT molecular complexity index is 527. The molecule has 2 aromatic carbocycles. The van der Waals surface area contributed by atoms with Crippen LogP contribution in [0.2, 0.25) is 0 Å². The van der Waals surface area contributed by atoms with E-state index in [1.165, 1.54) is 6.07 Å². The summed E-state index contributed by atoms with van der Waals surface area (Å²) >= 11 is 0. The van der Waals surface area contributed by atoms with Crippen LogP contribution in [0.15, 0.2) is 36.4 Å². The highest BCUT2D eigenvalue weighted by Crippen LogP contribution is 2.31. The van der Waals surface area contributed by atoms with Crippen LogP contribution >= 0.6 is 0 Å². The maximum absolute atomic E-state index is 9.77. The summed E-state index contributed by atoms with van der Waals surface area (Å²) in [7, 11) is 0. The van der Waals surface area contributed by atoms with Gasteiger partial charge in [0.2, 0.25) is 0 Å². The van der Waals surface area contributed by atoms with Gasteiger partial charge in [0.1, 0.15) is 17.2 Å². The third kappa shape index (κ3) is 2.33. The van der Waals surface area contributed by atoms with Crippen molar-refractivity contribution in [2.75, 3.05) is 0 Å². The van der Waals surface area contributed by atoms with Crippen molar-refractivity contribution in [1.29, 1.82) is 0 Å². The predicted octanol–water partition coefficient (Wildman–Crippen LogP) is 3.03. The number of phenolic OH excluding ortho intramolecular Hbond substituents is 3. The Morgan fingerprint density at radius 2 is 1.47 bits per heavy atom. The van der Waals surface area contributed by atoms with Crippen molar-refractivity contribution in [2.24, 2.45) is 0 Å². The Morgan fingerprint density at radius 1 is 0.824 bits per heavy atom. The lowest BCUT2D eigenvalue weighted by Crippen LogP contribution is -1.84. The molecule has 0 saturated carbocycles. The van der Waals surface area contributed by atoms with Crippen molar-refractivity contribution in [1.82, 2.24) is 0 Å². The van der Waals surface area contributed by atoms with E-state index in [-0.39, 0.29) is 17.2 Å². The van der Waals surface area contributed by atoms with E-state index in [4.69, 9.17) is 0 Å². The first kappa shape index (κ1) is 11.3. The summed E-state index contributed by atoms with van der Waals surface area (Å²) in [6, 6.07) is 9.68. The normalized spacial score (nSPS) is 10.4. The maximum Gasteiger partial charge on any atom is 0.119 e. The molecule has 0 aliphatic carbocycles. The molecule has 0 aromatic heterocycles. The Labute approximate surface area is 99.6 Å². The van der Waals surface area contributed by atoms with E-state index in [2.05, 4.69) is 0 Å². The Balaban J connectivity index is 2.49. The molecule has 0 fully saturated rings. The van der Waals surface area contributed by atoms with Gasteiger partial charge < -0.3 is 15.3 Å². The summed E-state index contributed by atoms with van der Waals surface area (Å²) in [6.07, 6.45) is 0.761. The van der Waals surface area contributed by atoms with Crippen molar-refractivity contribution in [3.63, 3.8) is 0 Å². The lowest BCUT2D eigenvalue weighted by molar-refractivity contribution is 0.451. The van der Waals surface area contributed by atoms with Crippen LogP contribution in [0, 0.1) is 0 Å². The predicted molar refractivity (Wildman–Crippen MR) is 66.3 cm³/mol. The van der Waals surface area contributed by atoms with Crippen LogP contribution in [0.25, 0.3) is 11.1 Å². The average molecular weight is 230 g/mol. The summed E-state index contributed by atoms with van der Waals surface area (Å²) in [4.78, 5) is 0. The molecule has 0 saturated heterocycles. The first-order valence-corrected chi connectivity index (χ1v) is 5.45. The lowest BCUT2D eigenvalue weighted by Gasteiger charge is -2.07. The molecule has 0 amide bonds. The number of rotatable bonds is 2. The number of phenols is 3. The van der Waals surface area contributed by atoms with Gasteiger partial charge in [-0.05, 0) is 41.3 Å². The zero-order valence-corrected chi connectivity index (χ0v) is 9.51. The molecule has 0 spiro atoms. The molecule has 0 radical (unpaired) electrons. The summed E-state index contributed by atoms with van der Waals surface area (Å²) in [5, 5.41) is 28.6. The minimum absolute atomic E-state index is 0.000872. The van der Waals surface area contributed by atoms with Gasteiger partial charge in [0, 0.05) is 6.07 Å². The molecular weight excluding hydrogens is 216 g/mol. The maximum atomic E-state index is 9.77. The molecule has 0 aliphatic rings. The molecule has 0 atom stereocenters. The summed E-state index contributed by atoms with van der Waals surface area (Å²) in [5.41, 5.74) is 2.30. The monoisotopic (exact) mass is 230 g/mol. The number of hydrogen-bond donors (Lipinski definition) is 3. The lowest BCUT2D eigenvalue weighted by atomic mass is 10.0. The first-order valence-electron chi connectivity index (χ1n) is 5.45. The SMILES string of the molecule is CCc1ccc(-c2cc(O)cc(O)c2)cc1O. The molecule has 88 valence electrons. The molecule has 0 heterocycles. The second-order valence-corrected chi connectivity index (χ2v) is 3.94. The molecule has 3 heteroatoms. The largest absolute Gasteiger partial charge is 0.508 e. The van der Waals surface area contributed by atoms with Crippen LogP contribution in [0.1, 0.15) is 12.5 Å². The fourth-order valence-corrected chi connectivity index (χ4v) is 1.80. The Morgan fingerprint density at radius 3 is 2.00 bits per heavy atom. The van der Waals surface area contributed by atoms with Crippen molar-refractivity contribution < 1.29 is 15.3 Å².